The van der Waals surface area contributed by atoms with Crippen molar-refractivity contribution in [2.24, 2.45) is 10.1 Å². The van der Waals surface area contributed by atoms with Gasteiger partial charge >= 0.3 is 0 Å². The van der Waals surface area contributed by atoms with Crippen molar-refractivity contribution >= 4 is 28.9 Å². The van der Waals surface area contributed by atoms with E-state index in [-0.39, 0.29) is 0 Å². The van der Waals surface area contributed by atoms with Crippen molar-refractivity contribution < 1.29 is 0 Å². The Balaban J connectivity index is 2.08. The zero-order valence-electron chi connectivity index (χ0n) is 14.7. The van der Waals surface area contributed by atoms with Crippen LogP contribution < -0.4 is 4.80 Å². The quantitative estimate of drug-likeness (QED) is 0.435. The molecular weight excluding hydrogens is 346 g/mol. The minimum Gasteiger partial charge on any atom is -0.253 e. The first-order valence-corrected chi connectivity index (χ1v) is 9.81. The van der Waals surface area contributed by atoms with Crippen LogP contribution in [0.4, 0.5) is 0 Å². The average Bonchev–Trinajstić information content (AvgIpc) is 3.17. The van der Waals surface area contributed by atoms with Gasteiger partial charge in [-0.15, -0.1) is 22.7 Å². The zero-order chi connectivity index (χ0) is 17.8. The van der Waals surface area contributed by atoms with Gasteiger partial charge in [-0.2, -0.15) is 5.10 Å². The van der Waals surface area contributed by atoms with Gasteiger partial charge in [-0.1, -0.05) is 42.0 Å². The summed E-state index contributed by atoms with van der Waals surface area (Å²) in [6, 6.07) is 10.6. The number of hydrogen-bond donors (Lipinski definition) is 0. The second kappa shape index (κ2) is 7.76. The lowest BCUT2D eigenvalue weighted by atomic mass is 10.1. The second-order valence-electron chi connectivity index (χ2n) is 6.07. The molecule has 0 saturated heterocycles. The first-order chi connectivity index (χ1) is 12.0. The molecule has 2 aromatic heterocycles. The number of thiophene rings is 1. The maximum atomic E-state index is 4.74. The van der Waals surface area contributed by atoms with Crippen LogP contribution in [0.5, 0.6) is 0 Å². The maximum Gasteiger partial charge on any atom is 0.206 e. The van der Waals surface area contributed by atoms with Crippen LogP contribution in [-0.4, -0.2) is 17.4 Å². The molecule has 0 N–H and O–H groups in total. The van der Waals surface area contributed by atoms with Crippen molar-refractivity contribution in [2.75, 3.05) is 6.54 Å². The summed E-state index contributed by atoms with van der Waals surface area (Å²) < 4.78 is 1.93. The summed E-state index contributed by atoms with van der Waals surface area (Å²) in [5, 5.41) is 8.93. The van der Waals surface area contributed by atoms with Gasteiger partial charge in [-0.25, -0.2) is 4.68 Å². The highest BCUT2D eigenvalue weighted by molar-refractivity contribution is 7.11. The van der Waals surface area contributed by atoms with Crippen LogP contribution in [0.15, 0.2) is 63.3 Å². The number of thiazole rings is 1. The minimum absolute atomic E-state index is 0.613. The van der Waals surface area contributed by atoms with Crippen molar-refractivity contribution in [1.29, 1.82) is 0 Å². The average molecular weight is 368 g/mol. The lowest BCUT2D eigenvalue weighted by Crippen LogP contribution is -2.13. The van der Waals surface area contributed by atoms with Gasteiger partial charge < -0.3 is 0 Å². The van der Waals surface area contributed by atoms with E-state index in [4.69, 9.17) is 5.10 Å². The number of hydrogen-bond acceptors (Lipinski definition) is 4. The molecule has 0 radical (unpaired) electrons. The van der Waals surface area contributed by atoms with Crippen molar-refractivity contribution in [3.05, 3.63) is 74.0 Å². The number of aromatic nitrogens is 1. The van der Waals surface area contributed by atoms with Crippen LogP contribution in [0.1, 0.15) is 22.9 Å². The van der Waals surface area contributed by atoms with E-state index in [1.54, 1.807) is 22.7 Å². The Labute approximate surface area is 156 Å². The van der Waals surface area contributed by atoms with E-state index >= 15 is 0 Å². The third-order valence-corrected chi connectivity index (χ3v) is 5.52. The van der Waals surface area contributed by atoms with Crippen molar-refractivity contribution in [2.45, 2.75) is 20.8 Å². The van der Waals surface area contributed by atoms with E-state index in [1.165, 1.54) is 16.0 Å². The fourth-order valence-electron chi connectivity index (χ4n) is 2.27. The Morgan fingerprint density at radius 2 is 1.92 bits per heavy atom. The molecule has 0 aliphatic carbocycles. The summed E-state index contributed by atoms with van der Waals surface area (Å²) in [5.74, 6) is 0. The molecule has 128 valence electrons. The van der Waals surface area contributed by atoms with E-state index in [1.807, 2.05) is 17.8 Å². The number of aryl methyl sites for hydroxylation is 2. The van der Waals surface area contributed by atoms with E-state index in [0.29, 0.717) is 6.54 Å². The van der Waals surface area contributed by atoms with Gasteiger partial charge in [0.05, 0.1) is 23.3 Å². The third kappa shape index (κ3) is 4.24. The summed E-state index contributed by atoms with van der Waals surface area (Å²) in [6.45, 7) is 10.7. The summed E-state index contributed by atoms with van der Waals surface area (Å²) in [4.78, 5) is 6.71. The SMILES string of the molecule is C=C(C)CN=c1scc(-c2ccc(C)cc2)n1N=Cc1sccc1C. The maximum absolute atomic E-state index is 4.74. The van der Waals surface area contributed by atoms with Crippen LogP contribution in [-0.2, 0) is 0 Å². The van der Waals surface area contributed by atoms with Gasteiger partial charge in [0.15, 0.2) is 0 Å². The van der Waals surface area contributed by atoms with Crippen molar-refractivity contribution in [3.63, 3.8) is 0 Å². The van der Waals surface area contributed by atoms with Crippen LogP contribution >= 0.6 is 22.7 Å². The zero-order valence-corrected chi connectivity index (χ0v) is 16.3. The monoisotopic (exact) mass is 367 g/mol. The molecule has 0 spiro atoms. The van der Waals surface area contributed by atoms with Crippen LogP contribution in [0.25, 0.3) is 11.3 Å². The highest BCUT2D eigenvalue weighted by Gasteiger charge is 2.07. The Kier molecular flexibility index (Phi) is 5.46. The first-order valence-electron chi connectivity index (χ1n) is 8.05. The molecular formula is C20H21N3S2. The number of nitrogens with zero attached hydrogens (tertiary/aromatic N) is 3. The lowest BCUT2D eigenvalue weighted by molar-refractivity contribution is 0.836. The Hall–Kier alpha value is -2.24. The molecule has 0 aliphatic rings. The van der Waals surface area contributed by atoms with Gasteiger partial charge in [0.2, 0.25) is 4.80 Å². The van der Waals surface area contributed by atoms with Crippen molar-refractivity contribution in [1.82, 2.24) is 4.68 Å². The largest absolute Gasteiger partial charge is 0.253 e. The molecule has 0 bridgehead atoms. The normalized spacial score (nSPS) is 12.2. The molecule has 0 unspecified atom stereocenters. The molecule has 0 fully saturated rings. The van der Waals surface area contributed by atoms with Gasteiger partial charge in [-0.3, -0.25) is 4.99 Å². The topological polar surface area (TPSA) is 29.6 Å². The van der Waals surface area contributed by atoms with E-state index in [9.17, 15) is 0 Å². The second-order valence-corrected chi connectivity index (χ2v) is 7.85. The molecule has 3 aromatic rings. The Morgan fingerprint density at radius 1 is 1.16 bits per heavy atom. The Morgan fingerprint density at radius 3 is 2.56 bits per heavy atom. The van der Waals surface area contributed by atoms with Crippen LogP contribution in [0.3, 0.4) is 0 Å². The lowest BCUT2D eigenvalue weighted by Gasteiger charge is -2.04. The van der Waals surface area contributed by atoms with Gasteiger partial charge in [0, 0.05) is 10.9 Å². The van der Waals surface area contributed by atoms with Crippen LogP contribution in [0, 0.1) is 13.8 Å². The summed E-state index contributed by atoms with van der Waals surface area (Å²) in [7, 11) is 0. The minimum atomic E-state index is 0.613. The smallest absolute Gasteiger partial charge is 0.206 e. The van der Waals surface area contributed by atoms with E-state index in [0.717, 1.165) is 21.6 Å². The highest BCUT2D eigenvalue weighted by Crippen LogP contribution is 2.21. The van der Waals surface area contributed by atoms with Crippen LogP contribution in [0.2, 0.25) is 0 Å². The molecule has 0 amide bonds. The Bertz CT molecular complexity index is 969. The van der Waals surface area contributed by atoms with E-state index in [2.05, 4.69) is 66.5 Å². The number of benzene rings is 1. The standard InChI is InChI=1S/C20H21N3S2/c1-14(2)11-21-20-23(22-12-19-16(4)9-10-24-19)18(13-25-20)17-7-5-15(3)6-8-17/h5-10,12-13H,1,11H2,2-4H3. The summed E-state index contributed by atoms with van der Waals surface area (Å²) in [5.41, 5.74) is 5.71. The van der Waals surface area contributed by atoms with Gasteiger partial charge in [-0.05, 0) is 37.8 Å². The molecule has 3 rings (SSSR count). The molecule has 25 heavy (non-hydrogen) atoms. The molecule has 0 atom stereocenters. The summed E-state index contributed by atoms with van der Waals surface area (Å²) in [6.07, 6.45) is 1.92. The molecule has 0 saturated carbocycles. The van der Waals surface area contributed by atoms with Gasteiger partial charge in [0.1, 0.15) is 0 Å². The molecule has 5 heteroatoms. The number of rotatable bonds is 5. The molecule has 1 aromatic carbocycles. The summed E-state index contributed by atoms with van der Waals surface area (Å²) >= 11 is 3.30. The van der Waals surface area contributed by atoms with Crippen molar-refractivity contribution in [3.8, 4) is 11.3 Å². The molecule has 3 nitrogen and oxygen atoms in total. The highest BCUT2D eigenvalue weighted by atomic mass is 32.1. The first kappa shape index (κ1) is 17.6. The third-order valence-electron chi connectivity index (χ3n) is 3.71. The predicted octanol–water partition coefficient (Wildman–Crippen LogP) is 5.25. The van der Waals surface area contributed by atoms with E-state index < -0.39 is 0 Å². The molecule has 2 heterocycles. The fourth-order valence-corrected chi connectivity index (χ4v) is 3.89. The molecule has 0 aliphatic heterocycles. The van der Waals surface area contributed by atoms with Gasteiger partial charge in [0.25, 0.3) is 0 Å². The predicted molar refractivity (Wildman–Crippen MR) is 110 cm³/mol. The fraction of sp³-hybridized carbons (Fsp3) is 0.200.